The van der Waals surface area contributed by atoms with E-state index in [1.807, 2.05) is 30.9 Å². The van der Waals surface area contributed by atoms with Gasteiger partial charge in [0.25, 0.3) is 5.91 Å². The van der Waals surface area contributed by atoms with Gasteiger partial charge in [0.05, 0.1) is 0 Å². The molecule has 1 fully saturated rings. The van der Waals surface area contributed by atoms with E-state index in [4.69, 9.17) is 4.74 Å². The lowest BCUT2D eigenvalue weighted by atomic mass is 10.1. The maximum absolute atomic E-state index is 12.5. The molecule has 1 atom stereocenters. The highest BCUT2D eigenvalue weighted by atomic mass is 16.5. The van der Waals surface area contributed by atoms with Gasteiger partial charge in [-0.05, 0) is 38.9 Å². The van der Waals surface area contributed by atoms with Gasteiger partial charge in [-0.1, -0.05) is 24.6 Å². The summed E-state index contributed by atoms with van der Waals surface area (Å²) in [6.07, 6.45) is -0.431. The number of hydrogen-bond donors (Lipinski definition) is 0. The molecule has 0 spiro atoms. The Morgan fingerprint density at radius 3 is 2.48 bits per heavy atom. The van der Waals surface area contributed by atoms with Gasteiger partial charge < -0.3 is 14.5 Å². The van der Waals surface area contributed by atoms with Crippen molar-refractivity contribution >= 4 is 5.91 Å². The number of carbonyl (C=O) groups excluding carboxylic acids is 1. The van der Waals surface area contributed by atoms with E-state index in [9.17, 15) is 4.79 Å². The summed E-state index contributed by atoms with van der Waals surface area (Å²) < 4.78 is 5.86. The van der Waals surface area contributed by atoms with Crippen molar-refractivity contribution in [2.45, 2.75) is 33.8 Å². The summed E-state index contributed by atoms with van der Waals surface area (Å²) in [7, 11) is 0. The summed E-state index contributed by atoms with van der Waals surface area (Å²) in [6, 6.07) is 6.04. The van der Waals surface area contributed by atoms with Crippen molar-refractivity contribution in [1.82, 2.24) is 9.80 Å². The van der Waals surface area contributed by atoms with Crippen molar-refractivity contribution in [2.75, 3.05) is 32.7 Å². The summed E-state index contributed by atoms with van der Waals surface area (Å²) in [5, 5.41) is 0. The largest absolute Gasteiger partial charge is 0.481 e. The van der Waals surface area contributed by atoms with Gasteiger partial charge in [0.2, 0.25) is 0 Å². The second-order valence-electron chi connectivity index (χ2n) is 5.79. The van der Waals surface area contributed by atoms with Gasteiger partial charge in [-0.2, -0.15) is 0 Å². The normalized spacial score (nSPS) is 17.6. The zero-order chi connectivity index (χ0) is 15.4. The molecule has 4 heteroatoms. The van der Waals surface area contributed by atoms with Crippen LogP contribution in [0.15, 0.2) is 18.2 Å². The number of piperazine rings is 1. The lowest BCUT2D eigenvalue weighted by Gasteiger charge is -2.35. The summed E-state index contributed by atoms with van der Waals surface area (Å²) >= 11 is 0. The number of rotatable bonds is 4. The second-order valence-corrected chi connectivity index (χ2v) is 5.79. The molecule has 21 heavy (non-hydrogen) atoms. The Kier molecular flexibility index (Phi) is 5.23. The Morgan fingerprint density at radius 2 is 1.90 bits per heavy atom. The van der Waals surface area contributed by atoms with Crippen molar-refractivity contribution in [3.63, 3.8) is 0 Å². The Bertz CT molecular complexity index is 494. The van der Waals surface area contributed by atoms with Gasteiger partial charge in [0, 0.05) is 26.2 Å². The summed E-state index contributed by atoms with van der Waals surface area (Å²) in [5.74, 6) is 0.888. The van der Waals surface area contributed by atoms with Crippen LogP contribution in [-0.2, 0) is 4.79 Å². The molecule has 1 aliphatic heterocycles. The zero-order valence-corrected chi connectivity index (χ0v) is 13.6. The number of hydrogen-bond acceptors (Lipinski definition) is 3. The lowest BCUT2D eigenvalue weighted by molar-refractivity contribution is -0.139. The van der Waals surface area contributed by atoms with Crippen LogP contribution in [0.3, 0.4) is 0 Å². The van der Waals surface area contributed by atoms with Crippen LogP contribution in [-0.4, -0.2) is 54.5 Å². The van der Waals surface area contributed by atoms with Crippen LogP contribution in [0.25, 0.3) is 0 Å². The molecule has 0 saturated carbocycles. The van der Waals surface area contributed by atoms with Crippen molar-refractivity contribution < 1.29 is 9.53 Å². The van der Waals surface area contributed by atoms with E-state index >= 15 is 0 Å². The first-order valence-corrected chi connectivity index (χ1v) is 7.76. The molecule has 116 valence electrons. The highest BCUT2D eigenvalue weighted by Gasteiger charge is 2.25. The van der Waals surface area contributed by atoms with Gasteiger partial charge in [0.1, 0.15) is 5.75 Å². The van der Waals surface area contributed by atoms with Crippen molar-refractivity contribution in [3.8, 4) is 5.75 Å². The molecule has 1 saturated heterocycles. The van der Waals surface area contributed by atoms with E-state index in [2.05, 4.69) is 24.8 Å². The van der Waals surface area contributed by atoms with Crippen molar-refractivity contribution in [1.29, 1.82) is 0 Å². The van der Waals surface area contributed by atoms with E-state index in [0.717, 1.165) is 44.0 Å². The first-order chi connectivity index (χ1) is 10.0. The number of ether oxygens (including phenoxy) is 1. The molecular formula is C17H26N2O2. The third kappa shape index (κ3) is 3.97. The third-order valence-electron chi connectivity index (χ3n) is 4.11. The fourth-order valence-corrected chi connectivity index (χ4v) is 2.71. The molecular weight excluding hydrogens is 264 g/mol. The summed E-state index contributed by atoms with van der Waals surface area (Å²) in [6.45, 7) is 12.6. The maximum Gasteiger partial charge on any atom is 0.263 e. The molecule has 1 amide bonds. The molecule has 0 bridgehead atoms. The number of likely N-dealkylation sites (N-methyl/N-ethyl adjacent to an activating group) is 1. The quantitative estimate of drug-likeness (QED) is 0.852. The molecule has 1 aromatic rings. The van der Waals surface area contributed by atoms with Crippen LogP contribution < -0.4 is 4.74 Å². The topological polar surface area (TPSA) is 32.8 Å². The highest BCUT2D eigenvalue weighted by molar-refractivity contribution is 5.81. The number of nitrogens with zero attached hydrogens (tertiary/aromatic N) is 2. The first kappa shape index (κ1) is 15.8. The molecule has 1 aliphatic rings. The lowest BCUT2D eigenvalue weighted by Crippen LogP contribution is -2.51. The molecule has 0 aliphatic carbocycles. The Morgan fingerprint density at radius 1 is 1.24 bits per heavy atom. The third-order valence-corrected chi connectivity index (χ3v) is 4.11. The Labute approximate surface area is 127 Å². The van der Waals surface area contributed by atoms with E-state index in [1.54, 1.807) is 0 Å². The predicted octanol–water partition coefficient (Wildman–Crippen LogP) is 2.23. The second kappa shape index (κ2) is 6.94. The Hall–Kier alpha value is -1.55. The van der Waals surface area contributed by atoms with Crippen LogP contribution in [0.1, 0.15) is 25.0 Å². The Balaban J connectivity index is 1.93. The van der Waals surface area contributed by atoms with Gasteiger partial charge in [-0.3, -0.25) is 4.79 Å². The van der Waals surface area contributed by atoms with Crippen LogP contribution >= 0.6 is 0 Å². The minimum Gasteiger partial charge on any atom is -0.481 e. The van der Waals surface area contributed by atoms with E-state index in [0.29, 0.717) is 0 Å². The fraction of sp³-hybridized carbons (Fsp3) is 0.588. The molecule has 0 N–H and O–H groups in total. The number of amides is 1. The van der Waals surface area contributed by atoms with Crippen molar-refractivity contribution in [3.05, 3.63) is 29.3 Å². The van der Waals surface area contributed by atoms with Crippen LogP contribution in [0.5, 0.6) is 5.75 Å². The molecule has 0 aromatic heterocycles. The number of aryl methyl sites for hydroxylation is 2. The predicted molar refractivity (Wildman–Crippen MR) is 84.7 cm³/mol. The number of carbonyl (C=O) groups is 1. The van der Waals surface area contributed by atoms with E-state index < -0.39 is 6.10 Å². The van der Waals surface area contributed by atoms with E-state index in [-0.39, 0.29) is 5.91 Å². The van der Waals surface area contributed by atoms with Crippen LogP contribution in [0.2, 0.25) is 0 Å². The minimum absolute atomic E-state index is 0.0886. The smallest absolute Gasteiger partial charge is 0.263 e. The maximum atomic E-state index is 12.5. The van der Waals surface area contributed by atoms with Crippen LogP contribution in [0, 0.1) is 13.8 Å². The number of benzene rings is 1. The monoisotopic (exact) mass is 290 g/mol. The average Bonchev–Trinajstić information content (AvgIpc) is 2.49. The van der Waals surface area contributed by atoms with Crippen LogP contribution in [0.4, 0.5) is 0 Å². The molecule has 1 aromatic carbocycles. The highest BCUT2D eigenvalue weighted by Crippen LogP contribution is 2.20. The summed E-state index contributed by atoms with van der Waals surface area (Å²) in [5.41, 5.74) is 2.28. The van der Waals surface area contributed by atoms with Gasteiger partial charge in [-0.15, -0.1) is 0 Å². The first-order valence-electron chi connectivity index (χ1n) is 7.76. The molecule has 2 rings (SSSR count). The minimum atomic E-state index is -0.431. The van der Waals surface area contributed by atoms with Gasteiger partial charge in [0.15, 0.2) is 6.10 Å². The molecule has 0 unspecified atom stereocenters. The molecule has 4 nitrogen and oxygen atoms in total. The molecule has 0 radical (unpaired) electrons. The van der Waals surface area contributed by atoms with E-state index in [1.165, 1.54) is 5.56 Å². The average molecular weight is 290 g/mol. The van der Waals surface area contributed by atoms with Crippen molar-refractivity contribution in [2.24, 2.45) is 0 Å². The standard InChI is InChI=1S/C17H26N2O2/c1-5-18-8-10-19(11-9-18)17(20)15(4)21-16-7-6-13(2)12-14(16)3/h6-7,12,15H,5,8-11H2,1-4H3/t15-/m1/s1. The zero-order valence-electron chi connectivity index (χ0n) is 13.6. The summed E-state index contributed by atoms with van der Waals surface area (Å²) in [4.78, 5) is 16.7. The fourth-order valence-electron chi connectivity index (χ4n) is 2.71. The molecule has 1 heterocycles. The van der Waals surface area contributed by atoms with Gasteiger partial charge in [-0.25, -0.2) is 0 Å². The SMILES string of the molecule is CCN1CCN(C(=O)[C@@H](C)Oc2ccc(C)cc2C)CC1. The van der Waals surface area contributed by atoms with Gasteiger partial charge >= 0.3 is 0 Å².